The lowest BCUT2D eigenvalue weighted by molar-refractivity contribution is -0.161. The second-order valence-corrected chi connectivity index (χ2v) is 16.5. The topological polar surface area (TPSA) is 245 Å². The summed E-state index contributed by atoms with van der Waals surface area (Å²) in [6, 6.07) is 0.843. The number of carbonyl (C=O) groups is 2. The number of esters is 1. The standard InChI is InChI=1S/C19H37NO4.C15H26N6O.C10H19N5O/c1-3-4-5-6-7-8-9-10-11-12-13-14-17-24-19(22)16-15-18(21)20(2)23;22-21-15-19-13(16-11-7-3-1-4-8-11)18-14(20-15)17-12-9-5-2-6-10-12;1-3-4-5-6-7-11-9-12-8(2)13-10(14-9)15-16/h23H,3-17H2,1-2H3;11-12,22H,1-10H2,(H3,16,17,18,19,20,21);16H,3-7H2,1-2H3,(H2,11,12,13,14,15). The van der Waals surface area contributed by atoms with E-state index in [-0.39, 0.29) is 30.7 Å². The Morgan fingerprint density at radius 1 is 0.581 bits per heavy atom. The molecule has 8 N–H and O–H groups in total. The largest absolute Gasteiger partial charge is 0.466 e. The first-order valence-electron chi connectivity index (χ1n) is 23.8. The van der Waals surface area contributed by atoms with E-state index in [4.69, 9.17) is 20.4 Å². The van der Waals surface area contributed by atoms with Gasteiger partial charge in [0.1, 0.15) is 5.82 Å². The number of carbonyl (C=O) groups excluding carboxylic acids is 2. The number of aromatic nitrogens is 6. The van der Waals surface area contributed by atoms with E-state index >= 15 is 0 Å². The van der Waals surface area contributed by atoms with Crippen molar-refractivity contribution in [3.05, 3.63) is 5.82 Å². The maximum absolute atomic E-state index is 11.4. The summed E-state index contributed by atoms with van der Waals surface area (Å²) in [5, 5.41) is 37.1. The number of aryl methyl sites for hydroxylation is 1. The van der Waals surface area contributed by atoms with Crippen LogP contribution in [0, 0.1) is 6.92 Å². The van der Waals surface area contributed by atoms with Crippen LogP contribution in [0.5, 0.6) is 0 Å². The molecule has 0 aliphatic heterocycles. The minimum atomic E-state index is -0.475. The molecule has 2 saturated carbocycles. The average Bonchev–Trinajstić information content (AvgIpc) is 3.27. The van der Waals surface area contributed by atoms with Gasteiger partial charge in [0.25, 0.3) is 11.9 Å². The molecular weight excluding hydrogens is 793 g/mol. The van der Waals surface area contributed by atoms with Gasteiger partial charge < -0.3 is 20.7 Å². The fourth-order valence-electron chi connectivity index (χ4n) is 7.35. The maximum atomic E-state index is 11.4. The lowest BCUT2D eigenvalue weighted by atomic mass is 9.96. The first-order chi connectivity index (χ1) is 30.2. The highest BCUT2D eigenvalue weighted by atomic mass is 16.5. The molecule has 2 heterocycles. The van der Waals surface area contributed by atoms with Gasteiger partial charge in [-0.15, -0.1) is 0 Å². The zero-order chi connectivity index (χ0) is 45.0. The fourth-order valence-corrected chi connectivity index (χ4v) is 7.35. The van der Waals surface area contributed by atoms with Crippen LogP contribution in [0.1, 0.15) is 199 Å². The van der Waals surface area contributed by atoms with Gasteiger partial charge in [-0.05, 0) is 45.4 Å². The first-order valence-corrected chi connectivity index (χ1v) is 23.8. The fraction of sp³-hybridized carbons (Fsp3) is 0.818. The number of hydrogen-bond acceptors (Lipinski definition) is 17. The van der Waals surface area contributed by atoms with Crippen LogP contribution in [0.4, 0.5) is 29.7 Å². The van der Waals surface area contributed by atoms with Crippen molar-refractivity contribution in [2.24, 2.45) is 0 Å². The summed E-state index contributed by atoms with van der Waals surface area (Å²) in [5.74, 6) is 1.66. The molecule has 2 aliphatic carbocycles. The molecule has 18 heteroatoms. The number of unbranched alkanes of at least 4 members (excludes halogenated alkanes) is 14. The van der Waals surface area contributed by atoms with Crippen LogP contribution >= 0.6 is 0 Å². The van der Waals surface area contributed by atoms with Gasteiger partial charge >= 0.3 is 5.97 Å². The third kappa shape index (κ3) is 27.0. The van der Waals surface area contributed by atoms with Crippen molar-refractivity contribution in [3.8, 4) is 0 Å². The number of hydrogen-bond donors (Lipinski definition) is 8. The lowest BCUT2D eigenvalue weighted by Gasteiger charge is -2.24. The molecule has 2 aromatic heterocycles. The van der Waals surface area contributed by atoms with Gasteiger partial charge in [0, 0.05) is 32.1 Å². The van der Waals surface area contributed by atoms with Crippen LogP contribution in [-0.2, 0) is 14.3 Å². The Kier molecular flexibility index (Phi) is 30.7. The van der Waals surface area contributed by atoms with Gasteiger partial charge in [0.05, 0.1) is 13.0 Å². The van der Waals surface area contributed by atoms with Crippen LogP contribution in [-0.4, -0.2) is 94.7 Å². The summed E-state index contributed by atoms with van der Waals surface area (Å²) < 4.78 is 5.07. The van der Waals surface area contributed by atoms with E-state index in [9.17, 15) is 9.59 Å². The number of amides is 1. The van der Waals surface area contributed by atoms with E-state index in [1.165, 1.54) is 129 Å². The number of ether oxygens (including phenoxy) is 1. The third-order valence-electron chi connectivity index (χ3n) is 10.9. The number of hydroxylamine groups is 2. The molecule has 0 unspecified atom stereocenters. The van der Waals surface area contributed by atoms with Crippen molar-refractivity contribution in [1.82, 2.24) is 35.0 Å². The molecule has 0 atom stereocenters. The van der Waals surface area contributed by atoms with Gasteiger partial charge in [0.2, 0.25) is 23.8 Å². The first kappa shape index (κ1) is 54.0. The Hall–Kier alpha value is -4.16. The zero-order valence-electron chi connectivity index (χ0n) is 38.6. The molecule has 354 valence electrons. The molecule has 18 nitrogen and oxygen atoms in total. The summed E-state index contributed by atoms with van der Waals surface area (Å²) in [7, 11) is 1.25. The van der Waals surface area contributed by atoms with E-state index in [2.05, 4.69) is 59.7 Å². The SMILES string of the molecule is CCCCCCCCCCCCCCOC(=O)CCC(=O)N(C)O.CCCCCCNc1nc(C)nc(NO)n1.ONc1nc(NC2CCCCC2)nc(NC2CCCCC2)n1. The van der Waals surface area contributed by atoms with Crippen molar-refractivity contribution in [2.45, 2.75) is 213 Å². The van der Waals surface area contributed by atoms with Crippen molar-refractivity contribution < 1.29 is 29.9 Å². The van der Waals surface area contributed by atoms with Gasteiger partial charge in [-0.25, -0.2) is 16.0 Å². The Bertz CT molecular complexity index is 1410. The monoisotopic (exact) mass is 875 g/mol. The second kappa shape index (κ2) is 35.3. The van der Waals surface area contributed by atoms with Crippen LogP contribution in [0.2, 0.25) is 0 Å². The van der Waals surface area contributed by atoms with Crippen LogP contribution in [0.3, 0.4) is 0 Å². The van der Waals surface area contributed by atoms with Crippen molar-refractivity contribution >= 4 is 41.6 Å². The smallest absolute Gasteiger partial charge is 0.306 e. The van der Waals surface area contributed by atoms with Gasteiger partial charge in [-0.1, -0.05) is 142 Å². The molecule has 2 aromatic rings. The number of nitrogens with one attached hydrogen (secondary N) is 5. The molecule has 62 heavy (non-hydrogen) atoms. The molecule has 0 spiro atoms. The third-order valence-corrected chi connectivity index (χ3v) is 10.9. The van der Waals surface area contributed by atoms with Gasteiger partial charge in [-0.3, -0.25) is 25.2 Å². The highest BCUT2D eigenvalue weighted by Gasteiger charge is 2.18. The predicted molar refractivity (Wildman–Crippen MR) is 245 cm³/mol. The summed E-state index contributed by atoms with van der Waals surface area (Å²) in [6.07, 6.45) is 32.3. The van der Waals surface area contributed by atoms with E-state index < -0.39 is 5.91 Å². The number of anilines is 5. The summed E-state index contributed by atoms with van der Waals surface area (Å²) >= 11 is 0. The molecule has 0 aromatic carbocycles. The quantitative estimate of drug-likeness (QED) is 0.0171. The normalized spacial score (nSPS) is 14.0. The average molecular weight is 875 g/mol. The minimum Gasteiger partial charge on any atom is -0.466 e. The van der Waals surface area contributed by atoms with E-state index in [1.807, 2.05) is 11.0 Å². The van der Waals surface area contributed by atoms with E-state index in [0.717, 1.165) is 51.5 Å². The highest BCUT2D eigenvalue weighted by Crippen LogP contribution is 2.23. The van der Waals surface area contributed by atoms with Gasteiger partial charge in [0.15, 0.2) is 0 Å². The van der Waals surface area contributed by atoms with Gasteiger partial charge in [-0.2, -0.15) is 29.9 Å². The zero-order valence-corrected chi connectivity index (χ0v) is 38.6. The predicted octanol–water partition coefficient (Wildman–Crippen LogP) is 9.99. The molecule has 0 saturated heterocycles. The van der Waals surface area contributed by atoms with Crippen LogP contribution in [0.15, 0.2) is 0 Å². The Balaban J connectivity index is 0.000000326. The summed E-state index contributed by atoms with van der Waals surface area (Å²) in [5.41, 5.74) is 3.96. The molecule has 0 radical (unpaired) electrons. The molecular formula is C44H82N12O6. The van der Waals surface area contributed by atoms with E-state index in [0.29, 0.717) is 47.4 Å². The molecule has 4 rings (SSSR count). The highest BCUT2D eigenvalue weighted by molar-refractivity contribution is 5.80. The van der Waals surface area contributed by atoms with Crippen molar-refractivity contribution in [1.29, 1.82) is 0 Å². The van der Waals surface area contributed by atoms with Crippen molar-refractivity contribution in [3.63, 3.8) is 0 Å². The number of rotatable bonds is 28. The Labute approximate surface area is 371 Å². The maximum Gasteiger partial charge on any atom is 0.306 e. The lowest BCUT2D eigenvalue weighted by Crippen LogP contribution is -2.26. The Morgan fingerprint density at radius 2 is 1.00 bits per heavy atom. The molecule has 1 amide bonds. The molecule has 0 bridgehead atoms. The minimum absolute atomic E-state index is 0.00965. The second-order valence-electron chi connectivity index (χ2n) is 16.5. The van der Waals surface area contributed by atoms with Crippen LogP contribution < -0.4 is 26.9 Å². The Morgan fingerprint density at radius 3 is 1.48 bits per heavy atom. The van der Waals surface area contributed by atoms with Crippen LogP contribution in [0.25, 0.3) is 0 Å². The number of nitrogens with zero attached hydrogens (tertiary/aromatic N) is 7. The molecule has 2 aliphatic rings. The summed E-state index contributed by atoms with van der Waals surface area (Å²) in [4.78, 5) is 47.4. The summed E-state index contributed by atoms with van der Waals surface area (Å²) in [6.45, 7) is 7.46. The van der Waals surface area contributed by atoms with Crippen molar-refractivity contribution in [2.75, 3.05) is 47.1 Å². The molecule has 2 fully saturated rings. The van der Waals surface area contributed by atoms with E-state index in [1.54, 1.807) is 6.92 Å².